The zero-order chi connectivity index (χ0) is 15.7. The summed E-state index contributed by atoms with van der Waals surface area (Å²) in [6, 6.07) is 6.55. The smallest absolute Gasteiger partial charge is 0.270 e. The van der Waals surface area contributed by atoms with Crippen LogP contribution in [-0.4, -0.2) is 54.7 Å². The van der Waals surface area contributed by atoms with Gasteiger partial charge in [0.25, 0.3) is 15.9 Å². The summed E-state index contributed by atoms with van der Waals surface area (Å²) in [4.78, 5) is 16.7. The SMILES string of the molecule is O=C(c1ccc[nH]1)N1CCN(S(=O)(=O)c2ccc(Cl)s2)CC1. The van der Waals surface area contributed by atoms with Crippen LogP contribution in [0.25, 0.3) is 0 Å². The Balaban J connectivity index is 1.68. The maximum absolute atomic E-state index is 12.5. The standard InChI is InChI=1S/C13H14ClN3O3S2/c14-11-3-4-12(21-11)22(19,20)17-8-6-16(7-9-17)13(18)10-2-1-5-15-10/h1-5,15H,6-9H2. The average Bonchev–Trinajstić information content (AvgIpc) is 3.18. The molecule has 1 amide bonds. The van der Waals surface area contributed by atoms with Gasteiger partial charge in [-0.15, -0.1) is 11.3 Å². The molecular weight excluding hydrogens is 346 g/mol. The molecule has 2 aromatic rings. The van der Waals surface area contributed by atoms with Crippen molar-refractivity contribution in [3.05, 3.63) is 40.5 Å². The Kier molecular flexibility index (Phi) is 4.26. The van der Waals surface area contributed by atoms with Crippen molar-refractivity contribution < 1.29 is 13.2 Å². The summed E-state index contributed by atoms with van der Waals surface area (Å²) >= 11 is 6.85. The first kappa shape index (κ1) is 15.5. The number of hydrogen-bond acceptors (Lipinski definition) is 4. The van der Waals surface area contributed by atoms with Gasteiger partial charge in [-0.1, -0.05) is 11.6 Å². The normalized spacial score (nSPS) is 16.9. The first-order valence-corrected chi connectivity index (χ1v) is 9.30. The number of rotatable bonds is 3. The van der Waals surface area contributed by atoms with Crippen LogP contribution in [0, 0.1) is 0 Å². The number of piperazine rings is 1. The third-order valence-electron chi connectivity index (χ3n) is 3.50. The van der Waals surface area contributed by atoms with Crippen molar-refractivity contribution in [1.29, 1.82) is 0 Å². The van der Waals surface area contributed by atoms with Crippen LogP contribution >= 0.6 is 22.9 Å². The van der Waals surface area contributed by atoms with Gasteiger partial charge in [0, 0.05) is 32.4 Å². The van der Waals surface area contributed by atoms with E-state index in [2.05, 4.69) is 4.98 Å². The van der Waals surface area contributed by atoms with Crippen molar-refractivity contribution in [3.63, 3.8) is 0 Å². The Morgan fingerprint density at radius 2 is 1.91 bits per heavy atom. The zero-order valence-electron chi connectivity index (χ0n) is 11.5. The molecular formula is C13H14ClN3O3S2. The fourth-order valence-electron chi connectivity index (χ4n) is 2.33. The lowest BCUT2D eigenvalue weighted by Gasteiger charge is -2.33. The van der Waals surface area contributed by atoms with Crippen LogP contribution in [-0.2, 0) is 10.0 Å². The van der Waals surface area contributed by atoms with Crippen LogP contribution in [0.5, 0.6) is 0 Å². The number of carbonyl (C=O) groups is 1. The second-order valence-corrected chi connectivity index (χ2v) is 8.72. The minimum absolute atomic E-state index is 0.110. The topological polar surface area (TPSA) is 73.5 Å². The Hall–Kier alpha value is -1.35. The van der Waals surface area contributed by atoms with Crippen molar-refractivity contribution in [3.8, 4) is 0 Å². The lowest BCUT2D eigenvalue weighted by Crippen LogP contribution is -2.50. The summed E-state index contributed by atoms with van der Waals surface area (Å²) in [5.41, 5.74) is 0.515. The summed E-state index contributed by atoms with van der Waals surface area (Å²) < 4.78 is 27.0. The van der Waals surface area contributed by atoms with E-state index in [-0.39, 0.29) is 23.2 Å². The predicted octanol–water partition coefficient (Wildman–Crippen LogP) is 1.88. The minimum Gasteiger partial charge on any atom is -0.357 e. The van der Waals surface area contributed by atoms with Gasteiger partial charge in [0.05, 0.1) is 4.34 Å². The fourth-order valence-corrected chi connectivity index (χ4v) is 5.39. The Morgan fingerprint density at radius 3 is 2.45 bits per heavy atom. The lowest BCUT2D eigenvalue weighted by atomic mass is 10.3. The van der Waals surface area contributed by atoms with Gasteiger partial charge in [0.2, 0.25) is 0 Å². The summed E-state index contributed by atoms with van der Waals surface area (Å²) in [6.07, 6.45) is 1.69. The van der Waals surface area contributed by atoms with Gasteiger partial charge in [-0.05, 0) is 24.3 Å². The highest BCUT2D eigenvalue weighted by Crippen LogP contribution is 2.28. The number of aromatic nitrogens is 1. The van der Waals surface area contributed by atoms with Gasteiger partial charge in [-0.2, -0.15) is 4.31 Å². The largest absolute Gasteiger partial charge is 0.357 e. The van der Waals surface area contributed by atoms with E-state index < -0.39 is 10.0 Å². The number of nitrogens with one attached hydrogen (secondary N) is 1. The molecule has 2 aromatic heterocycles. The van der Waals surface area contributed by atoms with Gasteiger partial charge in [0.15, 0.2) is 0 Å². The molecule has 22 heavy (non-hydrogen) atoms. The van der Waals surface area contributed by atoms with Crippen LogP contribution in [0.15, 0.2) is 34.7 Å². The first-order valence-electron chi connectivity index (χ1n) is 6.66. The highest BCUT2D eigenvalue weighted by Gasteiger charge is 2.31. The highest BCUT2D eigenvalue weighted by atomic mass is 35.5. The van der Waals surface area contributed by atoms with Crippen LogP contribution in [0.2, 0.25) is 4.34 Å². The zero-order valence-corrected chi connectivity index (χ0v) is 13.9. The molecule has 3 heterocycles. The molecule has 0 bridgehead atoms. The van der Waals surface area contributed by atoms with E-state index in [1.807, 2.05) is 0 Å². The number of nitrogens with zero attached hydrogens (tertiary/aromatic N) is 2. The molecule has 3 rings (SSSR count). The van der Waals surface area contributed by atoms with Gasteiger partial charge in [-0.3, -0.25) is 4.79 Å². The maximum atomic E-state index is 12.5. The number of H-pyrrole nitrogens is 1. The lowest BCUT2D eigenvalue weighted by molar-refractivity contribution is 0.0693. The van der Waals surface area contributed by atoms with Crippen molar-refractivity contribution in [1.82, 2.24) is 14.2 Å². The molecule has 1 fully saturated rings. The first-order chi connectivity index (χ1) is 10.5. The van der Waals surface area contributed by atoms with E-state index in [4.69, 9.17) is 11.6 Å². The third kappa shape index (κ3) is 2.91. The van der Waals surface area contributed by atoms with Crippen LogP contribution in [0.3, 0.4) is 0 Å². The number of hydrogen-bond donors (Lipinski definition) is 1. The maximum Gasteiger partial charge on any atom is 0.270 e. The molecule has 1 N–H and O–H groups in total. The molecule has 118 valence electrons. The van der Waals surface area contributed by atoms with Crippen LogP contribution in [0.1, 0.15) is 10.5 Å². The van der Waals surface area contributed by atoms with E-state index in [0.29, 0.717) is 23.1 Å². The van der Waals surface area contributed by atoms with E-state index >= 15 is 0 Å². The second-order valence-electron chi connectivity index (χ2n) is 4.84. The number of amides is 1. The number of aromatic amines is 1. The Labute approximate surface area is 137 Å². The molecule has 9 heteroatoms. The fraction of sp³-hybridized carbons (Fsp3) is 0.308. The van der Waals surface area contributed by atoms with Gasteiger partial charge >= 0.3 is 0 Å². The molecule has 6 nitrogen and oxygen atoms in total. The summed E-state index contributed by atoms with van der Waals surface area (Å²) in [5.74, 6) is -0.110. The van der Waals surface area contributed by atoms with Crippen LogP contribution in [0.4, 0.5) is 0 Å². The monoisotopic (exact) mass is 359 g/mol. The molecule has 0 aliphatic carbocycles. The van der Waals surface area contributed by atoms with E-state index in [1.54, 1.807) is 29.3 Å². The quantitative estimate of drug-likeness (QED) is 0.909. The van der Waals surface area contributed by atoms with Gasteiger partial charge in [0.1, 0.15) is 9.90 Å². The second kappa shape index (κ2) is 6.04. The summed E-state index contributed by atoms with van der Waals surface area (Å²) in [5, 5.41) is 0. The highest BCUT2D eigenvalue weighted by molar-refractivity contribution is 7.91. The third-order valence-corrected chi connectivity index (χ3v) is 7.09. The number of halogens is 1. The average molecular weight is 360 g/mol. The van der Waals surface area contributed by atoms with E-state index in [0.717, 1.165) is 11.3 Å². The molecule has 0 saturated carbocycles. The molecule has 0 atom stereocenters. The van der Waals surface area contributed by atoms with E-state index in [1.165, 1.54) is 10.4 Å². The predicted molar refractivity (Wildman–Crippen MR) is 84.8 cm³/mol. The number of carbonyl (C=O) groups excluding carboxylic acids is 1. The molecule has 1 saturated heterocycles. The van der Waals surface area contributed by atoms with Crippen LogP contribution < -0.4 is 0 Å². The Bertz CT molecular complexity index is 762. The molecule has 0 radical (unpaired) electrons. The van der Waals surface area contributed by atoms with Gasteiger partial charge < -0.3 is 9.88 Å². The minimum atomic E-state index is -3.52. The van der Waals surface area contributed by atoms with E-state index in [9.17, 15) is 13.2 Å². The molecule has 0 spiro atoms. The van der Waals surface area contributed by atoms with Crippen molar-refractivity contribution in [2.75, 3.05) is 26.2 Å². The van der Waals surface area contributed by atoms with Crippen molar-refractivity contribution >= 4 is 38.9 Å². The molecule has 0 aromatic carbocycles. The van der Waals surface area contributed by atoms with Crippen molar-refractivity contribution in [2.24, 2.45) is 0 Å². The van der Waals surface area contributed by atoms with Gasteiger partial charge in [-0.25, -0.2) is 8.42 Å². The Morgan fingerprint density at radius 1 is 1.18 bits per heavy atom. The number of thiophene rings is 1. The molecule has 1 aliphatic rings. The number of sulfonamides is 1. The molecule has 1 aliphatic heterocycles. The molecule has 0 unspecified atom stereocenters. The summed E-state index contributed by atoms with van der Waals surface area (Å²) in [6.45, 7) is 1.31. The van der Waals surface area contributed by atoms with Crippen molar-refractivity contribution in [2.45, 2.75) is 4.21 Å². The summed E-state index contributed by atoms with van der Waals surface area (Å²) in [7, 11) is -3.52.